The van der Waals surface area contributed by atoms with Crippen LogP contribution >= 0.6 is 0 Å². The van der Waals surface area contributed by atoms with E-state index in [1.807, 2.05) is 0 Å². The quantitative estimate of drug-likeness (QED) is 0.629. The fourth-order valence-corrected chi connectivity index (χ4v) is 4.43. The largest absolute Gasteiger partial charge is 0.461 e. The molecule has 0 spiro atoms. The van der Waals surface area contributed by atoms with Crippen molar-refractivity contribution in [3.63, 3.8) is 0 Å². The summed E-state index contributed by atoms with van der Waals surface area (Å²) in [5, 5.41) is 21.0. The van der Waals surface area contributed by atoms with E-state index >= 15 is 0 Å². The van der Waals surface area contributed by atoms with E-state index in [4.69, 9.17) is 4.74 Å². The Balaban J connectivity index is 2.12. The average Bonchev–Trinajstić information content (AvgIpc) is 2.60. The fraction of sp³-hybridized carbons (Fsp3) is 0.733. The standard InChI is InChI=1S/C15H20O5/c1-7-10-8(16)6-14(2)9(17)4-5-15(3,19)12(14)11(10)20-13(7)18/h4-5,7-8,10-12,16,19H,6H2,1-3H3/t7-,8-,10+,11-,12+,14-,15+/m0/s1. The maximum Gasteiger partial charge on any atom is 0.309 e. The lowest BCUT2D eigenvalue weighted by Crippen LogP contribution is -2.62. The maximum absolute atomic E-state index is 12.3. The third-order valence-corrected chi connectivity index (χ3v) is 5.44. The number of carbonyl (C=O) groups excluding carboxylic acids is 2. The van der Waals surface area contributed by atoms with Gasteiger partial charge in [0, 0.05) is 17.3 Å². The number of carbonyl (C=O) groups is 2. The molecule has 0 aromatic heterocycles. The fourth-order valence-electron chi connectivity index (χ4n) is 4.43. The molecule has 20 heavy (non-hydrogen) atoms. The Kier molecular flexibility index (Phi) is 2.70. The van der Waals surface area contributed by atoms with E-state index in [1.54, 1.807) is 20.8 Å². The second-order valence-corrected chi connectivity index (χ2v) is 6.86. The lowest BCUT2D eigenvalue weighted by atomic mass is 9.52. The molecule has 0 amide bonds. The van der Waals surface area contributed by atoms with Crippen LogP contribution in [-0.2, 0) is 14.3 Å². The molecule has 3 aliphatic rings. The molecular weight excluding hydrogens is 260 g/mol. The molecule has 1 aliphatic heterocycles. The molecule has 0 radical (unpaired) electrons. The highest BCUT2D eigenvalue weighted by molar-refractivity contribution is 5.96. The van der Waals surface area contributed by atoms with Crippen LogP contribution in [0.15, 0.2) is 12.2 Å². The van der Waals surface area contributed by atoms with Crippen LogP contribution in [0.4, 0.5) is 0 Å². The number of hydrogen-bond donors (Lipinski definition) is 2. The van der Waals surface area contributed by atoms with Crippen LogP contribution in [0.5, 0.6) is 0 Å². The van der Waals surface area contributed by atoms with Crippen molar-refractivity contribution in [1.29, 1.82) is 0 Å². The first-order valence-electron chi connectivity index (χ1n) is 7.03. The number of ether oxygens (including phenoxy) is 1. The van der Waals surface area contributed by atoms with Crippen molar-refractivity contribution in [2.75, 3.05) is 0 Å². The molecule has 1 saturated carbocycles. The van der Waals surface area contributed by atoms with E-state index < -0.39 is 35.1 Å². The minimum absolute atomic E-state index is 0.123. The van der Waals surface area contributed by atoms with Gasteiger partial charge in [0.05, 0.1) is 17.6 Å². The van der Waals surface area contributed by atoms with Crippen LogP contribution in [0.1, 0.15) is 27.2 Å². The van der Waals surface area contributed by atoms with Crippen molar-refractivity contribution in [3.05, 3.63) is 12.2 Å². The number of ketones is 1. The van der Waals surface area contributed by atoms with E-state index in [-0.39, 0.29) is 24.1 Å². The van der Waals surface area contributed by atoms with Crippen molar-refractivity contribution in [2.45, 2.75) is 45.0 Å². The van der Waals surface area contributed by atoms with Gasteiger partial charge in [0.15, 0.2) is 5.78 Å². The summed E-state index contributed by atoms with van der Waals surface area (Å²) in [6, 6.07) is 0. The van der Waals surface area contributed by atoms with Gasteiger partial charge in [-0.3, -0.25) is 9.59 Å². The molecule has 5 heteroatoms. The molecule has 3 rings (SSSR count). The van der Waals surface area contributed by atoms with Crippen molar-refractivity contribution < 1.29 is 24.5 Å². The smallest absolute Gasteiger partial charge is 0.309 e. The first-order valence-corrected chi connectivity index (χ1v) is 7.03. The van der Waals surface area contributed by atoms with Gasteiger partial charge >= 0.3 is 5.97 Å². The summed E-state index contributed by atoms with van der Waals surface area (Å²) in [7, 11) is 0. The summed E-state index contributed by atoms with van der Waals surface area (Å²) >= 11 is 0. The normalized spacial score (nSPS) is 54.4. The van der Waals surface area contributed by atoms with Crippen LogP contribution in [0.2, 0.25) is 0 Å². The molecule has 7 atom stereocenters. The lowest BCUT2D eigenvalue weighted by molar-refractivity contribution is -0.180. The van der Waals surface area contributed by atoms with Crippen LogP contribution in [0, 0.1) is 23.2 Å². The number of hydrogen-bond acceptors (Lipinski definition) is 5. The second-order valence-electron chi connectivity index (χ2n) is 6.86. The average molecular weight is 280 g/mol. The summed E-state index contributed by atoms with van der Waals surface area (Å²) < 4.78 is 5.42. The third-order valence-electron chi connectivity index (χ3n) is 5.44. The molecule has 0 aromatic carbocycles. The van der Waals surface area contributed by atoms with Crippen LogP contribution in [-0.4, -0.2) is 39.8 Å². The molecule has 1 heterocycles. The predicted octanol–water partition coefficient (Wildman–Crippen LogP) is 0.441. The third kappa shape index (κ3) is 1.56. The Labute approximate surface area is 117 Å². The van der Waals surface area contributed by atoms with Gasteiger partial charge in [-0.25, -0.2) is 0 Å². The first kappa shape index (κ1) is 13.8. The van der Waals surface area contributed by atoms with Crippen molar-refractivity contribution in [3.8, 4) is 0 Å². The number of esters is 1. The lowest BCUT2D eigenvalue weighted by Gasteiger charge is -2.53. The second kappa shape index (κ2) is 3.92. The van der Waals surface area contributed by atoms with Gasteiger partial charge in [0.1, 0.15) is 6.10 Å². The van der Waals surface area contributed by atoms with Crippen molar-refractivity contribution in [1.82, 2.24) is 0 Å². The molecule has 0 aromatic rings. The summed E-state index contributed by atoms with van der Waals surface area (Å²) in [4.78, 5) is 24.1. The molecule has 110 valence electrons. The Morgan fingerprint density at radius 1 is 1.35 bits per heavy atom. The zero-order valence-electron chi connectivity index (χ0n) is 11.9. The highest BCUT2D eigenvalue weighted by atomic mass is 16.6. The molecule has 2 fully saturated rings. The number of rotatable bonds is 0. The Morgan fingerprint density at radius 3 is 2.65 bits per heavy atom. The van der Waals surface area contributed by atoms with E-state index in [0.717, 1.165) is 0 Å². The highest BCUT2D eigenvalue weighted by Gasteiger charge is 2.65. The molecular formula is C15H20O5. The van der Waals surface area contributed by atoms with Gasteiger partial charge in [-0.15, -0.1) is 0 Å². The summed E-state index contributed by atoms with van der Waals surface area (Å²) in [5.74, 6) is -1.76. The van der Waals surface area contributed by atoms with Crippen LogP contribution in [0.25, 0.3) is 0 Å². The van der Waals surface area contributed by atoms with Gasteiger partial charge < -0.3 is 14.9 Å². The maximum atomic E-state index is 12.3. The van der Waals surface area contributed by atoms with Gasteiger partial charge in [-0.1, -0.05) is 13.8 Å². The molecule has 0 bridgehead atoms. The SMILES string of the molecule is C[C@@H]1C(=O)O[C@H]2[C@H]1[C@@H](O)C[C@@]1(C)C(=O)C=C[C@@](C)(O)[C@H]21. The number of allylic oxidation sites excluding steroid dienone is 1. The van der Waals surface area contributed by atoms with Crippen LogP contribution < -0.4 is 0 Å². The molecule has 0 unspecified atom stereocenters. The van der Waals surface area contributed by atoms with Gasteiger partial charge in [-0.05, 0) is 25.5 Å². The van der Waals surface area contributed by atoms with Crippen molar-refractivity contribution >= 4 is 11.8 Å². The van der Waals surface area contributed by atoms with Crippen molar-refractivity contribution in [2.24, 2.45) is 23.2 Å². The highest BCUT2D eigenvalue weighted by Crippen LogP contribution is 2.56. The van der Waals surface area contributed by atoms with Gasteiger partial charge in [-0.2, -0.15) is 0 Å². The summed E-state index contributed by atoms with van der Waals surface area (Å²) in [5.41, 5.74) is -2.13. The first-order chi connectivity index (χ1) is 9.18. The van der Waals surface area contributed by atoms with Gasteiger partial charge in [0.25, 0.3) is 0 Å². The predicted molar refractivity (Wildman–Crippen MR) is 69.5 cm³/mol. The summed E-state index contributed by atoms with van der Waals surface area (Å²) in [6.45, 7) is 5.10. The van der Waals surface area contributed by atoms with Gasteiger partial charge in [0.2, 0.25) is 0 Å². The molecule has 2 aliphatic carbocycles. The molecule has 2 N–H and O–H groups in total. The summed E-state index contributed by atoms with van der Waals surface area (Å²) in [6.07, 6.45) is 1.72. The zero-order valence-corrected chi connectivity index (χ0v) is 11.9. The Morgan fingerprint density at radius 2 is 2.00 bits per heavy atom. The minimum Gasteiger partial charge on any atom is -0.461 e. The number of aliphatic hydroxyl groups excluding tert-OH is 1. The zero-order chi connectivity index (χ0) is 14.9. The molecule has 1 saturated heterocycles. The Bertz CT molecular complexity index is 508. The number of fused-ring (bicyclic) bond motifs is 3. The monoisotopic (exact) mass is 280 g/mol. The number of aliphatic hydroxyl groups is 2. The minimum atomic E-state index is -1.23. The van der Waals surface area contributed by atoms with E-state index in [2.05, 4.69) is 0 Å². The van der Waals surface area contributed by atoms with Crippen LogP contribution in [0.3, 0.4) is 0 Å². The van der Waals surface area contributed by atoms with E-state index in [1.165, 1.54) is 12.2 Å². The van der Waals surface area contributed by atoms with E-state index in [0.29, 0.717) is 0 Å². The molecule has 5 nitrogen and oxygen atoms in total. The topological polar surface area (TPSA) is 83.8 Å². The Hall–Kier alpha value is -1.20. The van der Waals surface area contributed by atoms with E-state index in [9.17, 15) is 19.8 Å².